The Hall–Kier alpha value is -3.22. The molecule has 0 atom stereocenters. The molecule has 1 aliphatic heterocycles. The maximum absolute atomic E-state index is 12.4. The lowest BCUT2D eigenvalue weighted by Gasteiger charge is -2.29. The van der Waals surface area contributed by atoms with Crippen molar-refractivity contribution in [2.24, 2.45) is 0 Å². The van der Waals surface area contributed by atoms with Gasteiger partial charge in [0.05, 0.1) is 0 Å². The predicted molar refractivity (Wildman–Crippen MR) is 100 cm³/mol. The number of hydrogen-bond donors (Lipinski definition) is 0. The molecular formula is C21H19F2NO4. The van der Waals surface area contributed by atoms with Crippen molar-refractivity contribution in [3.63, 3.8) is 0 Å². The van der Waals surface area contributed by atoms with Crippen LogP contribution < -0.4 is 9.64 Å². The Morgan fingerprint density at radius 3 is 2.61 bits per heavy atom. The van der Waals surface area contributed by atoms with E-state index in [0.717, 1.165) is 24.1 Å². The number of anilines is 1. The van der Waals surface area contributed by atoms with Crippen molar-refractivity contribution >= 4 is 23.6 Å². The molecule has 0 saturated carbocycles. The van der Waals surface area contributed by atoms with Crippen LogP contribution in [0.25, 0.3) is 6.08 Å². The monoisotopic (exact) mass is 387 g/mol. The molecule has 1 amide bonds. The van der Waals surface area contributed by atoms with Crippen molar-refractivity contribution < 1.29 is 27.8 Å². The minimum absolute atomic E-state index is 0.0298. The molecule has 0 radical (unpaired) electrons. The van der Waals surface area contributed by atoms with Gasteiger partial charge in [0.2, 0.25) is 0 Å². The molecule has 0 aromatic heterocycles. The molecule has 2 aromatic carbocycles. The maximum Gasteiger partial charge on any atom is 0.387 e. The first kappa shape index (κ1) is 19.5. The summed E-state index contributed by atoms with van der Waals surface area (Å²) in [6, 6.07) is 13.5. The highest BCUT2D eigenvalue weighted by atomic mass is 19.3. The average Bonchev–Trinajstić information content (AvgIpc) is 2.70. The molecule has 0 fully saturated rings. The van der Waals surface area contributed by atoms with Crippen LogP contribution >= 0.6 is 0 Å². The van der Waals surface area contributed by atoms with Gasteiger partial charge in [0.1, 0.15) is 5.75 Å². The van der Waals surface area contributed by atoms with E-state index >= 15 is 0 Å². The third-order valence-corrected chi connectivity index (χ3v) is 4.27. The van der Waals surface area contributed by atoms with E-state index in [4.69, 9.17) is 4.74 Å². The van der Waals surface area contributed by atoms with Crippen LogP contribution in [0, 0.1) is 0 Å². The first-order valence-electron chi connectivity index (χ1n) is 8.81. The van der Waals surface area contributed by atoms with Crippen LogP contribution in [0.15, 0.2) is 54.6 Å². The molecule has 0 N–H and O–H groups in total. The van der Waals surface area contributed by atoms with Crippen molar-refractivity contribution in [2.45, 2.75) is 19.5 Å². The number of carbonyl (C=O) groups is 2. The van der Waals surface area contributed by atoms with E-state index in [9.17, 15) is 18.4 Å². The fourth-order valence-electron chi connectivity index (χ4n) is 2.98. The van der Waals surface area contributed by atoms with Crippen LogP contribution in [0.4, 0.5) is 14.5 Å². The first-order valence-corrected chi connectivity index (χ1v) is 8.81. The van der Waals surface area contributed by atoms with Crippen LogP contribution in [-0.4, -0.2) is 31.6 Å². The number of amides is 1. The van der Waals surface area contributed by atoms with Crippen LogP contribution in [0.2, 0.25) is 0 Å². The van der Waals surface area contributed by atoms with Gasteiger partial charge in [0, 0.05) is 18.3 Å². The van der Waals surface area contributed by atoms with E-state index in [2.05, 4.69) is 4.74 Å². The molecule has 28 heavy (non-hydrogen) atoms. The molecule has 1 heterocycles. The van der Waals surface area contributed by atoms with Gasteiger partial charge in [-0.15, -0.1) is 0 Å². The normalized spacial score (nSPS) is 13.5. The van der Waals surface area contributed by atoms with Gasteiger partial charge in [-0.2, -0.15) is 8.78 Å². The van der Waals surface area contributed by atoms with Crippen molar-refractivity contribution in [1.29, 1.82) is 0 Å². The largest absolute Gasteiger partial charge is 0.452 e. The number of benzene rings is 2. The van der Waals surface area contributed by atoms with Gasteiger partial charge in [-0.25, -0.2) is 4.79 Å². The topological polar surface area (TPSA) is 55.8 Å². The van der Waals surface area contributed by atoms with Gasteiger partial charge >= 0.3 is 12.6 Å². The zero-order valence-corrected chi connectivity index (χ0v) is 15.0. The highest BCUT2D eigenvalue weighted by Crippen LogP contribution is 2.26. The highest BCUT2D eigenvalue weighted by molar-refractivity contribution is 5.97. The number of hydrogen-bond acceptors (Lipinski definition) is 4. The van der Waals surface area contributed by atoms with Crippen LogP contribution in [-0.2, 0) is 20.7 Å². The molecule has 3 rings (SSSR count). The van der Waals surface area contributed by atoms with Crippen molar-refractivity contribution in [3.8, 4) is 5.75 Å². The molecule has 5 nitrogen and oxygen atoms in total. The van der Waals surface area contributed by atoms with Crippen LogP contribution in [0.5, 0.6) is 5.75 Å². The van der Waals surface area contributed by atoms with Crippen LogP contribution in [0.3, 0.4) is 0 Å². The Balaban J connectivity index is 1.52. The number of nitrogens with zero attached hydrogens (tertiary/aromatic N) is 1. The average molecular weight is 387 g/mol. The summed E-state index contributed by atoms with van der Waals surface area (Å²) >= 11 is 0. The number of para-hydroxylation sites is 1. The van der Waals surface area contributed by atoms with E-state index in [1.54, 1.807) is 4.90 Å². The molecule has 146 valence electrons. The van der Waals surface area contributed by atoms with Gasteiger partial charge in [0.15, 0.2) is 6.61 Å². The lowest BCUT2D eigenvalue weighted by atomic mass is 10.0. The van der Waals surface area contributed by atoms with Gasteiger partial charge < -0.3 is 14.4 Å². The quantitative estimate of drug-likeness (QED) is 0.559. The number of carbonyl (C=O) groups excluding carboxylic acids is 2. The van der Waals surface area contributed by atoms with Crippen molar-refractivity contribution in [2.75, 3.05) is 18.1 Å². The Bertz CT molecular complexity index is 865. The molecule has 7 heteroatoms. The smallest absolute Gasteiger partial charge is 0.387 e. The maximum atomic E-state index is 12.4. The third-order valence-electron chi connectivity index (χ3n) is 4.27. The minimum atomic E-state index is -2.89. The van der Waals surface area contributed by atoms with Crippen molar-refractivity contribution in [3.05, 3.63) is 65.7 Å². The molecule has 0 aliphatic carbocycles. The summed E-state index contributed by atoms with van der Waals surface area (Å²) in [5.74, 6) is -0.906. The van der Waals surface area contributed by atoms with E-state index in [0.29, 0.717) is 12.1 Å². The lowest BCUT2D eigenvalue weighted by Crippen LogP contribution is -2.38. The second kappa shape index (κ2) is 9.12. The second-order valence-electron chi connectivity index (χ2n) is 6.17. The number of alkyl halides is 2. The van der Waals surface area contributed by atoms with E-state index in [1.807, 2.05) is 24.3 Å². The number of fused-ring (bicyclic) bond motifs is 1. The Morgan fingerprint density at radius 1 is 1.11 bits per heavy atom. The molecular weight excluding hydrogens is 368 g/mol. The van der Waals surface area contributed by atoms with Crippen LogP contribution in [0.1, 0.15) is 17.5 Å². The number of esters is 1. The summed E-state index contributed by atoms with van der Waals surface area (Å²) in [4.78, 5) is 25.9. The third kappa shape index (κ3) is 5.16. The fraction of sp³-hybridized carbons (Fsp3) is 0.238. The highest BCUT2D eigenvalue weighted by Gasteiger charge is 2.22. The summed E-state index contributed by atoms with van der Waals surface area (Å²) in [5, 5.41) is 0. The number of ether oxygens (including phenoxy) is 2. The minimum Gasteiger partial charge on any atom is -0.452 e. The standard InChI is InChI=1S/C21H19F2NO4/c22-21(23)28-17-10-7-15(8-11-17)9-12-20(26)27-14-19(25)24-13-3-5-16-4-1-2-6-18(16)24/h1-2,4,6-12,21H,3,5,13-14H2. The number of rotatable bonds is 6. The molecule has 2 aromatic rings. The molecule has 0 unspecified atom stereocenters. The summed E-state index contributed by atoms with van der Waals surface area (Å²) in [5.41, 5.74) is 2.57. The SMILES string of the molecule is O=C(C=Cc1ccc(OC(F)F)cc1)OCC(=O)N1CCCc2ccccc21. The van der Waals surface area contributed by atoms with E-state index in [1.165, 1.54) is 36.4 Å². The fourth-order valence-corrected chi connectivity index (χ4v) is 2.98. The Morgan fingerprint density at radius 2 is 1.86 bits per heavy atom. The van der Waals surface area contributed by atoms with Gasteiger partial charge in [-0.1, -0.05) is 30.3 Å². The van der Waals surface area contributed by atoms with E-state index < -0.39 is 12.6 Å². The molecule has 0 spiro atoms. The Labute approximate surface area is 161 Å². The van der Waals surface area contributed by atoms with Gasteiger partial charge in [0.25, 0.3) is 5.91 Å². The zero-order chi connectivity index (χ0) is 19.9. The number of aryl methyl sites for hydroxylation is 1. The molecule has 0 saturated heterocycles. The van der Waals surface area contributed by atoms with Crippen molar-refractivity contribution in [1.82, 2.24) is 0 Å². The number of halogens is 2. The summed E-state index contributed by atoms with van der Waals surface area (Å²) < 4.78 is 33.5. The zero-order valence-electron chi connectivity index (χ0n) is 15.0. The summed E-state index contributed by atoms with van der Waals surface area (Å²) in [7, 11) is 0. The predicted octanol–water partition coefficient (Wildman–Crippen LogP) is 3.82. The van der Waals surface area contributed by atoms with Gasteiger partial charge in [-0.05, 0) is 48.2 Å². The van der Waals surface area contributed by atoms with Gasteiger partial charge in [-0.3, -0.25) is 4.79 Å². The Kier molecular flexibility index (Phi) is 6.37. The van der Waals surface area contributed by atoms with E-state index in [-0.39, 0.29) is 18.3 Å². The summed E-state index contributed by atoms with van der Waals surface area (Å²) in [6.07, 6.45) is 4.43. The molecule has 0 bridgehead atoms. The molecule has 1 aliphatic rings. The lowest BCUT2D eigenvalue weighted by molar-refractivity contribution is -0.142. The first-order chi connectivity index (χ1) is 13.5. The second-order valence-corrected chi connectivity index (χ2v) is 6.17. The summed E-state index contributed by atoms with van der Waals surface area (Å²) in [6.45, 7) is -2.64.